The van der Waals surface area contributed by atoms with Crippen molar-refractivity contribution in [3.8, 4) is 5.75 Å². The quantitative estimate of drug-likeness (QED) is 0.301. The van der Waals surface area contributed by atoms with Gasteiger partial charge in [-0.15, -0.1) is 0 Å². The molecular formula is C33H35F6NO4. The maximum Gasteiger partial charge on any atom is 0.416 e. The van der Waals surface area contributed by atoms with Gasteiger partial charge in [-0.1, -0.05) is 26.0 Å². The molecular weight excluding hydrogens is 588 g/mol. The van der Waals surface area contributed by atoms with Gasteiger partial charge in [0.05, 0.1) is 37.5 Å². The van der Waals surface area contributed by atoms with Gasteiger partial charge in [0.1, 0.15) is 11.9 Å². The molecule has 0 unspecified atom stereocenters. The Hall–Kier alpha value is -3.47. The van der Waals surface area contributed by atoms with Gasteiger partial charge in [0.2, 0.25) is 0 Å². The topological polar surface area (TPSA) is 48.0 Å². The molecule has 1 fully saturated rings. The fraction of sp³-hybridized carbons (Fsp3) is 0.485. The van der Waals surface area contributed by atoms with E-state index in [2.05, 4.69) is 26.0 Å². The van der Waals surface area contributed by atoms with Gasteiger partial charge in [0, 0.05) is 12.1 Å². The summed E-state index contributed by atoms with van der Waals surface area (Å²) in [5.74, 6) is 0.673. The van der Waals surface area contributed by atoms with Crippen molar-refractivity contribution in [3.63, 3.8) is 0 Å². The van der Waals surface area contributed by atoms with Crippen molar-refractivity contribution in [2.45, 2.75) is 71.0 Å². The lowest BCUT2D eigenvalue weighted by Gasteiger charge is -2.36. The molecule has 1 amide bonds. The molecule has 0 aromatic heterocycles. The highest BCUT2D eigenvalue weighted by atomic mass is 19.4. The Morgan fingerprint density at radius 2 is 1.68 bits per heavy atom. The predicted molar refractivity (Wildman–Crippen MR) is 153 cm³/mol. The molecule has 5 nitrogen and oxygen atoms in total. The summed E-state index contributed by atoms with van der Waals surface area (Å²) in [4.78, 5) is 14.6. The van der Waals surface area contributed by atoms with E-state index in [1.807, 2.05) is 12.1 Å². The minimum atomic E-state index is -5.01. The van der Waals surface area contributed by atoms with Crippen LogP contribution in [0.2, 0.25) is 0 Å². The number of halogens is 6. The van der Waals surface area contributed by atoms with Crippen LogP contribution < -0.4 is 4.74 Å². The van der Waals surface area contributed by atoms with Gasteiger partial charge >= 0.3 is 18.4 Å². The first kappa shape index (κ1) is 31.9. The third-order valence-electron chi connectivity index (χ3n) is 8.72. The summed E-state index contributed by atoms with van der Waals surface area (Å²) in [6, 6.07) is 6.50. The number of nitrogens with zero attached hydrogens (tertiary/aromatic N) is 1. The van der Waals surface area contributed by atoms with E-state index < -0.39 is 41.7 Å². The maximum absolute atomic E-state index is 13.6. The maximum atomic E-state index is 13.6. The van der Waals surface area contributed by atoms with Crippen LogP contribution in [-0.4, -0.2) is 43.9 Å². The summed E-state index contributed by atoms with van der Waals surface area (Å²) in [6.45, 7) is 7.10. The number of hydrogen-bond donors (Lipinski definition) is 0. The molecule has 0 spiro atoms. The second kappa shape index (κ2) is 11.8. The Kier molecular flexibility index (Phi) is 8.56. The van der Waals surface area contributed by atoms with Gasteiger partial charge in [-0.05, 0) is 96.2 Å². The molecule has 2 aromatic rings. The molecule has 11 heteroatoms. The number of carbonyl (C=O) groups is 1. The minimum absolute atomic E-state index is 0.0712. The Morgan fingerprint density at radius 3 is 2.27 bits per heavy atom. The molecule has 1 aliphatic carbocycles. The zero-order valence-electron chi connectivity index (χ0n) is 25.0. The molecule has 1 saturated heterocycles. The predicted octanol–water partition coefficient (Wildman–Crippen LogP) is 9.08. The number of rotatable bonds is 6. The van der Waals surface area contributed by atoms with E-state index in [4.69, 9.17) is 14.2 Å². The third kappa shape index (κ3) is 6.62. The van der Waals surface area contributed by atoms with E-state index in [0.717, 1.165) is 40.7 Å². The number of ether oxygens (including phenoxy) is 3. The van der Waals surface area contributed by atoms with E-state index in [9.17, 15) is 31.1 Å². The highest BCUT2D eigenvalue weighted by Gasteiger charge is 2.44. The third-order valence-corrected chi connectivity index (χ3v) is 8.72. The molecule has 2 heterocycles. The number of carbonyl (C=O) groups excluding carboxylic acids is 1. The van der Waals surface area contributed by atoms with Gasteiger partial charge in [-0.2, -0.15) is 26.3 Å². The summed E-state index contributed by atoms with van der Waals surface area (Å²) in [7, 11) is 1.59. The standard InChI is InChI=1S/C33H35F6NO4/c1-19-29(22-13-24(32(34,35)36)16-25(14-22)33(37,38)39)44-30(41)40(19)18-23-17-31(2,3)10-7-26(23)27-15-21(5-6-28(27)42-4)20-8-11-43-12-9-20/h5-6,8,13-16,19,29H,7,9-12,17-18H2,1-4H3/t19-,29-/m0/s1. The first-order valence-corrected chi connectivity index (χ1v) is 14.5. The Labute approximate surface area is 252 Å². The molecule has 0 N–H and O–H groups in total. The van der Waals surface area contributed by atoms with E-state index in [-0.39, 0.29) is 23.6 Å². The van der Waals surface area contributed by atoms with Crippen LogP contribution >= 0.6 is 0 Å². The van der Waals surface area contributed by atoms with Crippen molar-refractivity contribution in [1.29, 1.82) is 0 Å². The van der Waals surface area contributed by atoms with Gasteiger partial charge in [-0.3, -0.25) is 4.90 Å². The van der Waals surface area contributed by atoms with Gasteiger partial charge < -0.3 is 14.2 Å². The second-order valence-corrected chi connectivity index (χ2v) is 12.4. The number of benzene rings is 2. The first-order chi connectivity index (χ1) is 20.6. The van der Waals surface area contributed by atoms with Crippen LogP contribution in [0.25, 0.3) is 11.1 Å². The van der Waals surface area contributed by atoms with Crippen LogP contribution in [0.15, 0.2) is 48.0 Å². The molecule has 2 aromatic carbocycles. The summed E-state index contributed by atoms with van der Waals surface area (Å²) >= 11 is 0. The molecule has 238 valence electrons. The average Bonchev–Trinajstić information content (AvgIpc) is 3.24. The van der Waals surface area contributed by atoms with Crippen molar-refractivity contribution in [1.82, 2.24) is 4.90 Å². The Bertz CT molecular complexity index is 1460. The summed E-state index contributed by atoms with van der Waals surface area (Å²) in [5, 5.41) is 0. The van der Waals surface area contributed by atoms with Gasteiger partial charge in [-0.25, -0.2) is 4.79 Å². The van der Waals surface area contributed by atoms with Crippen LogP contribution in [0.1, 0.15) is 80.4 Å². The van der Waals surface area contributed by atoms with Crippen LogP contribution in [0.4, 0.5) is 31.1 Å². The van der Waals surface area contributed by atoms with Crippen LogP contribution in [0.3, 0.4) is 0 Å². The molecule has 0 radical (unpaired) electrons. The summed E-state index contributed by atoms with van der Waals surface area (Å²) in [6.07, 6.45) is -7.09. The first-order valence-electron chi connectivity index (χ1n) is 14.5. The number of cyclic esters (lactones) is 1. The lowest BCUT2D eigenvalue weighted by molar-refractivity contribution is -0.143. The fourth-order valence-electron chi connectivity index (χ4n) is 6.33. The zero-order chi connectivity index (χ0) is 32.0. The van der Waals surface area contributed by atoms with Gasteiger partial charge in [0.15, 0.2) is 0 Å². The summed E-state index contributed by atoms with van der Waals surface area (Å²) in [5.41, 5.74) is 1.71. The zero-order valence-corrected chi connectivity index (χ0v) is 25.0. The van der Waals surface area contributed by atoms with Crippen molar-refractivity contribution < 1.29 is 45.3 Å². The number of methoxy groups -OCH3 is 1. The summed E-state index contributed by atoms with van der Waals surface area (Å²) < 4.78 is 98.0. The lowest BCUT2D eigenvalue weighted by Crippen LogP contribution is -2.35. The van der Waals surface area contributed by atoms with E-state index >= 15 is 0 Å². The molecule has 2 atom stereocenters. The number of allylic oxidation sites excluding steroid dienone is 1. The van der Waals surface area contributed by atoms with E-state index in [0.29, 0.717) is 43.9 Å². The van der Waals surface area contributed by atoms with Crippen molar-refractivity contribution in [2.75, 3.05) is 26.9 Å². The highest BCUT2D eigenvalue weighted by molar-refractivity contribution is 5.79. The Morgan fingerprint density at radius 1 is 1.00 bits per heavy atom. The molecule has 3 aliphatic rings. The van der Waals surface area contributed by atoms with Crippen LogP contribution in [0.5, 0.6) is 5.75 Å². The second-order valence-electron chi connectivity index (χ2n) is 12.4. The molecule has 0 saturated carbocycles. The Balaban J connectivity index is 1.52. The van der Waals surface area contributed by atoms with Crippen LogP contribution in [-0.2, 0) is 21.8 Å². The smallest absolute Gasteiger partial charge is 0.416 e. The minimum Gasteiger partial charge on any atom is -0.496 e. The van der Waals surface area contributed by atoms with E-state index in [1.54, 1.807) is 14.0 Å². The highest BCUT2D eigenvalue weighted by Crippen LogP contribution is 2.47. The molecule has 0 bridgehead atoms. The average molecular weight is 624 g/mol. The molecule has 5 rings (SSSR count). The van der Waals surface area contributed by atoms with Crippen molar-refractivity contribution in [2.24, 2.45) is 5.41 Å². The number of alkyl halides is 6. The largest absolute Gasteiger partial charge is 0.496 e. The van der Waals surface area contributed by atoms with E-state index in [1.165, 1.54) is 4.90 Å². The monoisotopic (exact) mass is 623 g/mol. The molecule has 44 heavy (non-hydrogen) atoms. The molecule has 2 aliphatic heterocycles. The normalized spacial score (nSPS) is 22.6. The van der Waals surface area contributed by atoms with Gasteiger partial charge in [0.25, 0.3) is 0 Å². The van der Waals surface area contributed by atoms with Crippen LogP contribution in [0, 0.1) is 5.41 Å². The lowest BCUT2D eigenvalue weighted by atomic mass is 9.72. The number of hydrogen-bond acceptors (Lipinski definition) is 4. The fourth-order valence-corrected chi connectivity index (χ4v) is 6.33. The van der Waals surface area contributed by atoms with Crippen molar-refractivity contribution in [3.05, 3.63) is 75.9 Å². The SMILES string of the molecule is COc1ccc(C2=CCOCC2)cc1C1=C(CN2C(=O)O[C@H](c3cc(C(F)(F)F)cc(C(F)(F)F)c3)[C@@H]2C)CC(C)(C)CC1. The number of amides is 1. The van der Waals surface area contributed by atoms with Crippen molar-refractivity contribution >= 4 is 17.2 Å².